The van der Waals surface area contributed by atoms with Gasteiger partial charge in [-0.2, -0.15) is 0 Å². The van der Waals surface area contributed by atoms with Gasteiger partial charge in [0.05, 0.1) is 18.4 Å². The van der Waals surface area contributed by atoms with E-state index in [1.165, 1.54) is 43.6 Å². The number of amides is 1. The average Bonchev–Trinajstić information content (AvgIpc) is 2.62. The van der Waals surface area contributed by atoms with Crippen molar-refractivity contribution in [3.05, 3.63) is 59.0 Å². The van der Waals surface area contributed by atoms with Crippen molar-refractivity contribution in [1.29, 1.82) is 0 Å². The Bertz CT molecular complexity index is 1180. The van der Waals surface area contributed by atoms with Crippen LogP contribution in [0.25, 0.3) is 10.8 Å². The molecule has 3 aromatic rings. The van der Waals surface area contributed by atoms with Gasteiger partial charge in [-0.15, -0.1) is 0 Å². The summed E-state index contributed by atoms with van der Waals surface area (Å²) in [5.41, 5.74) is 0.610. The van der Waals surface area contributed by atoms with Crippen LogP contribution in [0.2, 0.25) is 5.02 Å². The number of primary sulfonamides is 1. The number of benzene rings is 2. The van der Waals surface area contributed by atoms with E-state index in [0.29, 0.717) is 16.3 Å². The molecular weight excluding hydrogens is 409 g/mol. The van der Waals surface area contributed by atoms with Gasteiger partial charge in [0, 0.05) is 27.7 Å². The number of hydrogen-bond acceptors (Lipinski definition) is 5. The number of ether oxygens (including phenoxy) is 1. The van der Waals surface area contributed by atoms with E-state index in [9.17, 15) is 17.6 Å². The van der Waals surface area contributed by atoms with Crippen LogP contribution >= 0.6 is 11.6 Å². The van der Waals surface area contributed by atoms with Crippen molar-refractivity contribution in [1.82, 2.24) is 4.98 Å². The second-order valence-electron chi connectivity index (χ2n) is 5.90. The van der Waals surface area contributed by atoms with E-state index in [-0.39, 0.29) is 27.9 Å². The predicted molar refractivity (Wildman–Crippen MR) is 103 cm³/mol. The van der Waals surface area contributed by atoms with E-state index in [1.54, 1.807) is 0 Å². The first-order chi connectivity index (χ1) is 13.2. The number of carbonyl (C=O) groups excluding carboxylic acids is 1. The minimum atomic E-state index is -4.08. The van der Waals surface area contributed by atoms with Crippen LogP contribution in [-0.2, 0) is 21.2 Å². The molecule has 1 heterocycles. The molecule has 1 amide bonds. The molecule has 28 heavy (non-hydrogen) atoms. The number of aromatic nitrogens is 1. The summed E-state index contributed by atoms with van der Waals surface area (Å²) in [6.45, 7) is 0. The molecule has 1 aromatic heterocycles. The van der Waals surface area contributed by atoms with Crippen LogP contribution in [0.15, 0.2) is 47.5 Å². The molecule has 0 aliphatic rings. The molecule has 3 N–H and O–H groups in total. The lowest BCUT2D eigenvalue weighted by Crippen LogP contribution is -2.17. The Labute approximate surface area is 165 Å². The van der Waals surface area contributed by atoms with Crippen molar-refractivity contribution in [2.75, 3.05) is 12.4 Å². The Morgan fingerprint density at radius 1 is 1.25 bits per heavy atom. The van der Waals surface area contributed by atoms with Gasteiger partial charge >= 0.3 is 0 Å². The molecule has 2 aromatic carbocycles. The molecule has 0 radical (unpaired) electrons. The molecule has 0 saturated carbocycles. The molecule has 0 aliphatic carbocycles. The van der Waals surface area contributed by atoms with E-state index in [1.807, 2.05) is 0 Å². The van der Waals surface area contributed by atoms with Crippen molar-refractivity contribution in [2.24, 2.45) is 5.14 Å². The van der Waals surface area contributed by atoms with E-state index in [4.69, 9.17) is 21.5 Å². The Kier molecular flexibility index (Phi) is 5.50. The fourth-order valence-corrected chi connectivity index (χ4v) is 3.75. The quantitative estimate of drug-likeness (QED) is 0.655. The first-order valence-electron chi connectivity index (χ1n) is 7.92. The number of halogens is 2. The van der Waals surface area contributed by atoms with E-state index < -0.39 is 21.7 Å². The standard InChI is InChI=1S/C18H15ClFN3O4S/c1-27-18-14-8-12(9-16(28(21,25)26)13(14)4-5-22-18)23-17(24)6-10-2-3-11(20)7-15(10)19/h2-5,7-9H,6H2,1H3,(H,23,24)(H2,21,25,26). The SMILES string of the molecule is COc1nccc2c(S(N)(=O)=O)cc(NC(=O)Cc3ccc(F)cc3Cl)cc12. The number of rotatable bonds is 5. The van der Waals surface area contributed by atoms with Crippen molar-refractivity contribution < 1.29 is 22.3 Å². The van der Waals surface area contributed by atoms with Gasteiger partial charge in [-0.25, -0.2) is 22.9 Å². The maximum absolute atomic E-state index is 13.1. The Hall–Kier alpha value is -2.75. The molecular formula is C18H15ClFN3O4S. The average molecular weight is 424 g/mol. The Balaban J connectivity index is 1.99. The Morgan fingerprint density at radius 3 is 2.64 bits per heavy atom. The largest absolute Gasteiger partial charge is 0.481 e. The van der Waals surface area contributed by atoms with Gasteiger partial charge in [0.15, 0.2) is 0 Å². The summed E-state index contributed by atoms with van der Waals surface area (Å²) in [6, 6.07) is 7.97. The van der Waals surface area contributed by atoms with Crippen LogP contribution in [0.1, 0.15) is 5.56 Å². The van der Waals surface area contributed by atoms with Gasteiger partial charge < -0.3 is 10.1 Å². The third-order valence-electron chi connectivity index (χ3n) is 3.96. The second-order valence-corrected chi connectivity index (χ2v) is 7.83. The molecule has 0 aliphatic heterocycles. The fraction of sp³-hybridized carbons (Fsp3) is 0.111. The highest BCUT2D eigenvalue weighted by Gasteiger charge is 2.18. The van der Waals surface area contributed by atoms with Crippen LogP contribution in [0.4, 0.5) is 10.1 Å². The number of pyridine rings is 1. The highest BCUT2D eigenvalue weighted by atomic mass is 35.5. The number of methoxy groups -OCH3 is 1. The van der Waals surface area contributed by atoms with Crippen LogP contribution in [0.3, 0.4) is 0 Å². The third-order valence-corrected chi connectivity index (χ3v) is 5.26. The highest BCUT2D eigenvalue weighted by molar-refractivity contribution is 7.89. The second kappa shape index (κ2) is 7.70. The van der Waals surface area contributed by atoms with Crippen LogP contribution < -0.4 is 15.2 Å². The maximum Gasteiger partial charge on any atom is 0.238 e. The predicted octanol–water partition coefficient (Wildman–Crippen LogP) is 2.86. The smallest absolute Gasteiger partial charge is 0.238 e. The maximum atomic E-state index is 13.1. The van der Waals surface area contributed by atoms with E-state index in [2.05, 4.69) is 10.3 Å². The summed E-state index contributed by atoms with van der Waals surface area (Å²) in [6.07, 6.45) is 1.26. The van der Waals surface area contributed by atoms with Crippen molar-refractivity contribution in [3.8, 4) is 5.88 Å². The van der Waals surface area contributed by atoms with Gasteiger partial charge in [0.25, 0.3) is 0 Å². The van der Waals surface area contributed by atoms with Gasteiger partial charge in [-0.3, -0.25) is 4.79 Å². The summed E-state index contributed by atoms with van der Waals surface area (Å²) in [7, 11) is -2.69. The first-order valence-corrected chi connectivity index (χ1v) is 9.85. The summed E-state index contributed by atoms with van der Waals surface area (Å²) in [5.74, 6) is -0.808. The minimum Gasteiger partial charge on any atom is -0.481 e. The molecule has 0 fully saturated rings. The van der Waals surface area contributed by atoms with Crippen LogP contribution in [0.5, 0.6) is 5.88 Å². The molecule has 146 valence electrons. The molecule has 0 bridgehead atoms. The zero-order valence-electron chi connectivity index (χ0n) is 14.6. The van der Waals surface area contributed by atoms with Crippen molar-refractivity contribution in [3.63, 3.8) is 0 Å². The topological polar surface area (TPSA) is 111 Å². The third kappa shape index (κ3) is 4.22. The first kappa shape index (κ1) is 20.0. The van der Waals surface area contributed by atoms with Gasteiger partial charge in [0.2, 0.25) is 21.8 Å². The number of nitrogens with one attached hydrogen (secondary N) is 1. The summed E-state index contributed by atoms with van der Waals surface area (Å²) in [5, 5.41) is 8.71. The molecule has 0 saturated heterocycles. The number of fused-ring (bicyclic) bond motifs is 1. The lowest BCUT2D eigenvalue weighted by atomic mass is 10.1. The molecule has 10 heteroatoms. The Morgan fingerprint density at radius 2 is 2.00 bits per heavy atom. The van der Waals surface area contributed by atoms with E-state index >= 15 is 0 Å². The van der Waals surface area contributed by atoms with Crippen LogP contribution in [0, 0.1) is 5.82 Å². The van der Waals surface area contributed by atoms with Gasteiger partial charge in [-0.1, -0.05) is 17.7 Å². The normalized spacial score (nSPS) is 11.4. The number of nitrogens with zero attached hydrogens (tertiary/aromatic N) is 1. The number of sulfonamides is 1. The lowest BCUT2D eigenvalue weighted by molar-refractivity contribution is -0.115. The van der Waals surface area contributed by atoms with Gasteiger partial charge in [-0.05, 0) is 35.9 Å². The van der Waals surface area contributed by atoms with Crippen LogP contribution in [-0.4, -0.2) is 26.4 Å². The number of hydrogen-bond donors (Lipinski definition) is 2. The van der Waals surface area contributed by atoms with Gasteiger partial charge in [0.1, 0.15) is 5.82 Å². The summed E-state index contributed by atoms with van der Waals surface area (Å²) in [4.78, 5) is 16.2. The molecule has 7 nitrogen and oxygen atoms in total. The summed E-state index contributed by atoms with van der Waals surface area (Å²) < 4.78 is 42.3. The number of anilines is 1. The molecule has 0 unspecified atom stereocenters. The monoisotopic (exact) mass is 423 g/mol. The number of carbonyl (C=O) groups is 1. The van der Waals surface area contributed by atoms with Crippen molar-refractivity contribution in [2.45, 2.75) is 11.3 Å². The lowest BCUT2D eigenvalue weighted by Gasteiger charge is -2.12. The molecule has 0 spiro atoms. The van der Waals surface area contributed by atoms with E-state index in [0.717, 1.165) is 6.07 Å². The highest BCUT2D eigenvalue weighted by Crippen LogP contribution is 2.31. The molecule has 0 atom stereocenters. The number of nitrogens with two attached hydrogens (primary N) is 1. The zero-order chi connectivity index (χ0) is 20.5. The van der Waals surface area contributed by atoms with Crippen molar-refractivity contribution >= 4 is 44.0 Å². The summed E-state index contributed by atoms with van der Waals surface area (Å²) >= 11 is 5.94. The fourth-order valence-electron chi connectivity index (χ4n) is 2.74. The molecule has 3 rings (SSSR count). The minimum absolute atomic E-state index is 0.116. The zero-order valence-corrected chi connectivity index (χ0v) is 16.1.